The highest BCUT2D eigenvalue weighted by molar-refractivity contribution is 6.04. The predicted molar refractivity (Wildman–Crippen MR) is 90.2 cm³/mol. The molecule has 0 spiro atoms. The van der Waals surface area contributed by atoms with E-state index in [1.54, 1.807) is 0 Å². The lowest BCUT2D eigenvalue weighted by Gasteiger charge is -2.33. The average Bonchev–Trinajstić information content (AvgIpc) is 3.08. The molecule has 0 saturated carbocycles. The van der Waals surface area contributed by atoms with Gasteiger partial charge >= 0.3 is 0 Å². The Morgan fingerprint density at radius 3 is 2.09 bits per heavy atom. The number of nitrogens with zero attached hydrogens (tertiary/aromatic N) is 1. The zero-order chi connectivity index (χ0) is 15.4. The first kappa shape index (κ1) is 15.0. The summed E-state index contributed by atoms with van der Waals surface area (Å²) in [7, 11) is 0. The van der Waals surface area contributed by atoms with E-state index in [0.717, 1.165) is 30.8 Å². The van der Waals surface area contributed by atoms with Crippen LogP contribution in [0.4, 0.5) is 0 Å². The fraction of sp³-hybridized carbons (Fsp3) is 0.350. The predicted octanol–water partition coefficient (Wildman–Crippen LogP) is 3.92. The molecule has 0 aromatic heterocycles. The quantitative estimate of drug-likeness (QED) is 0.779. The summed E-state index contributed by atoms with van der Waals surface area (Å²) in [6.07, 6.45) is 2.48. The summed E-state index contributed by atoms with van der Waals surface area (Å²) >= 11 is 0. The Kier molecular flexibility index (Phi) is 4.39. The first-order chi connectivity index (χ1) is 10.7. The van der Waals surface area contributed by atoms with Gasteiger partial charge in [-0.15, -0.1) is 0 Å². The van der Waals surface area contributed by atoms with E-state index >= 15 is 0 Å². The fourth-order valence-corrected chi connectivity index (χ4v) is 3.40. The Labute approximate surface area is 132 Å². The molecule has 1 saturated heterocycles. The third-order valence-corrected chi connectivity index (χ3v) is 4.69. The number of ketones is 1. The summed E-state index contributed by atoms with van der Waals surface area (Å²) in [6, 6.07) is 19.9. The van der Waals surface area contributed by atoms with Crippen molar-refractivity contribution in [1.82, 2.24) is 4.90 Å². The van der Waals surface area contributed by atoms with Crippen LogP contribution in [0, 0.1) is 0 Å². The molecule has 1 fully saturated rings. The maximum atomic E-state index is 13.2. The molecule has 1 aliphatic heterocycles. The third kappa shape index (κ3) is 2.97. The maximum absolute atomic E-state index is 13.2. The zero-order valence-corrected chi connectivity index (χ0v) is 13.2. The molecule has 1 atom stereocenters. The smallest absolute Gasteiger partial charge is 0.174 e. The summed E-state index contributed by atoms with van der Waals surface area (Å²) in [5, 5.41) is 0. The Bertz CT molecular complexity index is 617. The fourth-order valence-electron chi connectivity index (χ4n) is 3.40. The number of rotatable bonds is 5. The Hall–Kier alpha value is -1.93. The number of hydrogen-bond acceptors (Lipinski definition) is 2. The highest BCUT2D eigenvalue weighted by Gasteiger charge is 2.37. The van der Waals surface area contributed by atoms with Crippen molar-refractivity contribution in [3.63, 3.8) is 0 Å². The van der Waals surface area contributed by atoms with Crippen LogP contribution >= 0.6 is 0 Å². The summed E-state index contributed by atoms with van der Waals surface area (Å²) < 4.78 is 0. The van der Waals surface area contributed by atoms with Crippen molar-refractivity contribution >= 4 is 5.78 Å². The van der Waals surface area contributed by atoms with Crippen molar-refractivity contribution in [2.24, 2.45) is 0 Å². The summed E-state index contributed by atoms with van der Waals surface area (Å²) in [5.74, 6) is 0.214. The minimum absolute atomic E-state index is 0.214. The highest BCUT2D eigenvalue weighted by atomic mass is 16.1. The molecule has 0 bridgehead atoms. The van der Waals surface area contributed by atoms with Crippen LogP contribution in [-0.2, 0) is 5.41 Å². The van der Waals surface area contributed by atoms with Crippen molar-refractivity contribution in [2.45, 2.75) is 25.2 Å². The van der Waals surface area contributed by atoms with Gasteiger partial charge in [0.15, 0.2) is 5.78 Å². The van der Waals surface area contributed by atoms with E-state index < -0.39 is 5.41 Å². The van der Waals surface area contributed by atoms with Crippen LogP contribution in [0.1, 0.15) is 35.7 Å². The van der Waals surface area contributed by atoms with E-state index in [-0.39, 0.29) is 5.78 Å². The van der Waals surface area contributed by atoms with E-state index in [0.29, 0.717) is 0 Å². The molecule has 0 aliphatic carbocycles. The van der Waals surface area contributed by atoms with Crippen molar-refractivity contribution < 1.29 is 4.79 Å². The van der Waals surface area contributed by atoms with Crippen LogP contribution in [0.5, 0.6) is 0 Å². The number of hydrogen-bond donors (Lipinski definition) is 0. The second kappa shape index (κ2) is 6.45. The van der Waals surface area contributed by atoms with E-state index in [1.165, 1.54) is 12.8 Å². The molecule has 2 heteroatoms. The van der Waals surface area contributed by atoms with Gasteiger partial charge in [0, 0.05) is 12.1 Å². The molecule has 2 nitrogen and oxygen atoms in total. The Morgan fingerprint density at radius 1 is 0.955 bits per heavy atom. The molecule has 1 heterocycles. The minimum atomic E-state index is -0.493. The Balaban J connectivity index is 1.96. The van der Waals surface area contributed by atoms with Crippen LogP contribution in [0.15, 0.2) is 60.7 Å². The van der Waals surface area contributed by atoms with Crippen molar-refractivity contribution in [3.05, 3.63) is 71.8 Å². The van der Waals surface area contributed by atoms with Gasteiger partial charge < -0.3 is 4.90 Å². The zero-order valence-electron chi connectivity index (χ0n) is 13.2. The van der Waals surface area contributed by atoms with Crippen molar-refractivity contribution in [2.75, 3.05) is 19.6 Å². The molecule has 114 valence electrons. The third-order valence-electron chi connectivity index (χ3n) is 4.69. The normalized spacial score (nSPS) is 18.0. The van der Waals surface area contributed by atoms with E-state index in [9.17, 15) is 4.79 Å². The number of benzene rings is 2. The van der Waals surface area contributed by atoms with Gasteiger partial charge in [0.2, 0.25) is 0 Å². The van der Waals surface area contributed by atoms with E-state index in [1.807, 2.05) is 48.5 Å². The van der Waals surface area contributed by atoms with Crippen molar-refractivity contribution in [1.29, 1.82) is 0 Å². The lowest BCUT2D eigenvalue weighted by molar-refractivity contribution is 0.0859. The molecule has 2 aromatic carbocycles. The van der Waals surface area contributed by atoms with Gasteiger partial charge in [-0.2, -0.15) is 0 Å². The molecule has 1 unspecified atom stereocenters. The van der Waals surface area contributed by atoms with Crippen LogP contribution in [0.3, 0.4) is 0 Å². The minimum Gasteiger partial charge on any atom is -0.302 e. The standard InChI is InChI=1S/C20H23NO/c1-20(16-21-14-8-9-15-21,18-12-6-3-7-13-18)19(22)17-10-4-2-5-11-17/h2-7,10-13H,8-9,14-16H2,1H3. The van der Waals surface area contributed by atoms with Crippen LogP contribution in [0.25, 0.3) is 0 Å². The summed E-state index contributed by atoms with van der Waals surface area (Å²) in [5.41, 5.74) is 1.41. The van der Waals surface area contributed by atoms with Gasteiger partial charge in [-0.3, -0.25) is 4.79 Å². The molecule has 2 aromatic rings. The Morgan fingerprint density at radius 2 is 1.50 bits per heavy atom. The molecule has 0 radical (unpaired) electrons. The molecule has 22 heavy (non-hydrogen) atoms. The van der Waals surface area contributed by atoms with Crippen LogP contribution in [0.2, 0.25) is 0 Å². The van der Waals surface area contributed by atoms with Gasteiger partial charge in [-0.25, -0.2) is 0 Å². The molecular weight excluding hydrogens is 270 g/mol. The van der Waals surface area contributed by atoms with Gasteiger partial charge in [0.1, 0.15) is 0 Å². The van der Waals surface area contributed by atoms with Crippen LogP contribution < -0.4 is 0 Å². The van der Waals surface area contributed by atoms with Gasteiger partial charge in [-0.05, 0) is 38.4 Å². The lowest BCUT2D eigenvalue weighted by Crippen LogP contribution is -2.43. The molecule has 3 rings (SSSR count). The van der Waals surface area contributed by atoms with Gasteiger partial charge in [0.05, 0.1) is 5.41 Å². The maximum Gasteiger partial charge on any atom is 0.174 e. The largest absolute Gasteiger partial charge is 0.302 e. The molecule has 0 amide bonds. The summed E-state index contributed by atoms with van der Waals surface area (Å²) in [4.78, 5) is 15.7. The van der Waals surface area contributed by atoms with Gasteiger partial charge in [0.25, 0.3) is 0 Å². The first-order valence-corrected chi connectivity index (χ1v) is 8.08. The topological polar surface area (TPSA) is 20.3 Å². The summed E-state index contributed by atoms with van der Waals surface area (Å²) in [6.45, 7) is 5.09. The average molecular weight is 293 g/mol. The van der Waals surface area contributed by atoms with Gasteiger partial charge in [-0.1, -0.05) is 60.7 Å². The number of carbonyl (C=O) groups is 1. The second-order valence-electron chi connectivity index (χ2n) is 6.38. The SMILES string of the molecule is CC(CN1CCCC1)(C(=O)c1ccccc1)c1ccccc1. The molecular formula is C20H23NO. The molecule has 1 aliphatic rings. The number of carbonyl (C=O) groups excluding carboxylic acids is 1. The van der Waals surface area contributed by atoms with Crippen LogP contribution in [-0.4, -0.2) is 30.3 Å². The number of Topliss-reactive ketones (excluding diaryl/α,β-unsaturated/α-hetero) is 1. The van der Waals surface area contributed by atoms with E-state index in [2.05, 4.69) is 24.0 Å². The number of likely N-dealkylation sites (tertiary alicyclic amines) is 1. The van der Waals surface area contributed by atoms with E-state index in [4.69, 9.17) is 0 Å². The first-order valence-electron chi connectivity index (χ1n) is 8.08. The highest BCUT2D eigenvalue weighted by Crippen LogP contribution is 2.30. The lowest BCUT2D eigenvalue weighted by atomic mass is 9.75. The second-order valence-corrected chi connectivity index (χ2v) is 6.38. The monoisotopic (exact) mass is 293 g/mol. The van der Waals surface area contributed by atoms with Crippen molar-refractivity contribution in [3.8, 4) is 0 Å². The molecule has 0 N–H and O–H groups in total.